The SMILES string of the molecule is CC(c1cc(N[C@H]2CC[C@H](N)C2)n2nccc2n1)C1CC1. The summed E-state index contributed by atoms with van der Waals surface area (Å²) in [5, 5.41) is 8.04. The second-order valence-electron chi connectivity index (χ2n) is 6.71. The highest BCUT2D eigenvalue weighted by atomic mass is 15.3. The molecule has 112 valence electrons. The molecule has 5 heteroatoms. The lowest BCUT2D eigenvalue weighted by atomic mass is 10.0. The summed E-state index contributed by atoms with van der Waals surface area (Å²) in [6.07, 6.45) is 7.79. The van der Waals surface area contributed by atoms with Crippen LogP contribution in [0.2, 0.25) is 0 Å². The van der Waals surface area contributed by atoms with Gasteiger partial charge in [-0.2, -0.15) is 9.61 Å². The van der Waals surface area contributed by atoms with Crippen molar-refractivity contribution in [3.63, 3.8) is 0 Å². The third kappa shape index (κ3) is 2.50. The van der Waals surface area contributed by atoms with E-state index in [1.807, 2.05) is 16.8 Å². The fraction of sp³-hybridized carbons (Fsp3) is 0.625. The molecular formula is C16H23N5. The lowest BCUT2D eigenvalue weighted by molar-refractivity contribution is 0.641. The predicted octanol–water partition coefficient (Wildman–Crippen LogP) is 2.53. The minimum atomic E-state index is 0.335. The van der Waals surface area contributed by atoms with Gasteiger partial charge in [-0.3, -0.25) is 0 Å². The molecular weight excluding hydrogens is 262 g/mol. The first-order chi connectivity index (χ1) is 10.2. The van der Waals surface area contributed by atoms with E-state index in [4.69, 9.17) is 10.7 Å². The van der Waals surface area contributed by atoms with Crippen LogP contribution >= 0.6 is 0 Å². The van der Waals surface area contributed by atoms with Gasteiger partial charge in [0, 0.05) is 35.8 Å². The monoisotopic (exact) mass is 285 g/mol. The van der Waals surface area contributed by atoms with E-state index in [2.05, 4.69) is 23.4 Å². The average molecular weight is 285 g/mol. The molecule has 2 aromatic rings. The van der Waals surface area contributed by atoms with Gasteiger partial charge in [0.1, 0.15) is 5.82 Å². The summed E-state index contributed by atoms with van der Waals surface area (Å²) in [4.78, 5) is 4.78. The highest BCUT2D eigenvalue weighted by Crippen LogP contribution is 2.42. The number of nitrogens with one attached hydrogen (secondary N) is 1. The van der Waals surface area contributed by atoms with E-state index in [0.717, 1.165) is 36.6 Å². The van der Waals surface area contributed by atoms with Gasteiger partial charge in [0.25, 0.3) is 0 Å². The van der Waals surface area contributed by atoms with Crippen LogP contribution in [0.15, 0.2) is 18.3 Å². The Bertz CT molecular complexity index is 645. The number of fused-ring (bicyclic) bond motifs is 1. The van der Waals surface area contributed by atoms with E-state index < -0.39 is 0 Å². The zero-order valence-corrected chi connectivity index (χ0v) is 12.5. The van der Waals surface area contributed by atoms with E-state index in [1.54, 1.807) is 0 Å². The molecule has 3 atom stereocenters. The molecule has 0 bridgehead atoms. The molecule has 0 saturated heterocycles. The number of hydrogen-bond acceptors (Lipinski definition) is 4. The molecule has 2 saturated carbocycles. The zero-order valence-electron chi connectivity index (χ0n) is 12.5. The van der Waals surface area contributed by atoms with Crippen LogP contribution in [0.3, 0.4) is 0 Å². The molecule has 0 radical (unpaired) electrons. The predicted molar refractivity (Wildman–Crippen MR) is 83.4 cm³/mol. The molecule has 2 aromatic heterocycles. The molecule has 5 nitrogen and oxygen atoms in total. The van der Waals surface area contributed by atoms with Crippen LogP contribution in [0, 0.1) is 5.92 Å². The second-order valence-corrected chi connectivity index (χ2v) is 6.71. The standard InChI is InChI=1S/C16H23N5/c1-10(11-2-3-11)14-9-16(19-13-5-4-12(17)8-13)21-15(20-14)6-7-18-21/h6-7,9-13,19H,2-5,8,17H2,1H3/t10?,12-,13-/m0/s1. The number of rotatable bonds is 4. The van der Waals surface area contributed by atoms with Gasteiger partial charge in [0.2, 0.25) is 0 Å². The van der Waals surface area contributed by atoms with Crippen molar-refractivity contribution in [1.29, 1.82) is 0 Å². The highest BCUT2D eigenvalue weighted by molar-refractivity contribution is 5.50. The summed E-state index contributed by atoms with van der Waals surface area (Å²) in [7, 11) is 0. The van der Waals surface area contributed by atoms with Crippen molar-refractivity contribution in [2.75, 3.05) is 5.32 Å². The number of aromatic nitrogens is 3. The number of hydrogen-bond donors (Lipinski definition) is 2. The van der Waals surface area contributed by atoms with Gasteiger partial charge >= 0.3 is 0 Å². The van der Waals surface area contributed by atoms with Crippen LogP contribution in [0.5, 0.6) is 0 Å². The van der Waals surface area contributed by atoms with Crippen molar-refractivity contribution < 1.29 is 0 Å². The van der Waals surface area contributed by atoms with Crippen molar-refractivity contribution in [2.24, 2.45) is 11.7 Å². The van der Waals surface area contributed by atoms with Gasteiger partial charge in [0.15, 0.2) is 5.65 Å². The molecule has 2 heterocycles. The molecule has 21 heavy (non-hydrogen) atoms. The van der Waals surface area contributed by atoms with E-state index in [0.29, 0.717) is 18.0 Å². The van der Waals surface area contributed by atoms with Crippen molar-refractivity contribution in [3.05, 3.63) is 24.0 Å². The first kappa shape index (κ1) is 13.1. The first-order valence-corrected chi connectivity index (χ1v) is 8.07. The first-order valence-electron chi connectivity index (χ1n) is 8.07. The third-order valence-corrected chi connectivity index (χ3v) is 5.00. The highest BCUT2D eigenvalue weighted by Gasteiger charge is 2.30. The maximum atomic E-state index is 6.02. The van der Waals surface area contributed by atoms with Gasteiger partial charge in [0.05, 0.1) is 6.20 Å². The minimum absolute atomic E-state index is 0.335. The second kappa shape index (κ2) is 4.98. The van der Waals surface area contributed by atoms with Crippen LogP contribution in [0.4, 0.5) is 5.82 Å². The Labute approximate surface area is 124 Å². The quantitative estimate of drug-likeness (QED) is 0.906. The van der Waals surface area contributed by atoms with E-state index >= 15 is 0 Å². The molecule has 0 aliphatic heterocycles. The molecule has 2 aliphatic rings. The molecule has 3 N–H and O–H groups in total. The van der Waals surface area contributed by atoms with Crippen LogP contribution in [0.1, 0.15) is 50.6 Å². The van der Waals surface area contributed by atoms with Gasteiger partial charge in [-0.1, -0.05) is 6.92 Å². The maximum absolute atomic E-state index is 6.02. The number of nitrogens with zero attached hydrogens (tertiary/aromatic N) is 3. The summed E-state index contributed by atoms with van der Waals surface area (Å²) < 4.78 is 1.91. The Morgan fingerprint density at radius 1 is 1.33 bits per heavy atom. The largest absolute Gasteiger partial charge is 0.367 e. The normalized spacial score (nSPS) is 27.1. The summed E-state index contributed by atoms with van der Waals surface area (Å²) >= 11 is 0. The smallest absolute Gasteiger partial charge is 0.157 e. The molecule has 1 unspecified atom stereocenters. The molecule has 2 fully saturated rings. The third-order valence-electron chi connectivity index (χ3n) is 5.00. The molecule has 0 amide bonds. The van der Waals surface area contributed by atoms with Gasteiger partial charge in [-0.15, -0.1) is 0 Å². The van der Waals surface area contributed by atoms with Crippen LogP contribution in [0.25, 0.3) is 5.65 Å². The topological polar surface area (TPSA) is 68.2 Å². The van der Waals surface area contributed by atoms with Crippen molar-refractivity contribution in [2.45, 2.75) is 57.0 Å². The molecule has 0 spiro atoms. The van der Waals surface area contributed by atoms with Gasteiger partial charge in [-0.25, -0.2) is 4.98 Å². The summed E-state index contributed by atoms with van der Waals surface area (Å²) in [5.74, 6) is 2.42. The minimum Gasteiger partial charge on any atom is -0.367 e. The van der Waals surface area contributed by atoms with Crippen LogP contribution in [-0.4, -0.2) is 26.7 Å². The number of anilines is 1. The van der Waals surface area contributed by atoms with Crippen molar-refractivity contribution in [1.82, 2.24) is 14.6 Å². The Morgan fingerprint density at radius 3 is 2.90 bits per heavy atom. The maximum Gasteiger partial charge on any atom is 0.157 e. The molecule has 2 aliphatic carbocycles. The van der Waals surface area contributed by atoms with E-state index in [-0.39, 0.29) is 0 Å². The summed E-state index contributed by atoms with van der Waals surface area (Å²) in [6.45, 7) is 2.29. The fourth-order valence-electron chi connectivity index (χ4n) is 3.46. The Hall–Kier alpha value is -1.62. The van der Waals surface area contributed by atoms with Gasteiger partial charge in [-0.05, 0) is 38.0 Å². The van der Waals surface area contributed by atoms with Gasteiger partial charge < -0.3 is 11.1 Å². The van der Waals surface area contributed by atoms with Crippen LogP contribution in [-0.2, 0) is 0 Å². The summed E-state index contributed by atoms with van der Waals surface area (Å²) in [6, 6.07) is 4.96. The lowest BCUT2D eigenvalue weighted by Crippen LogP contribution is -2.22. The van der Waals surface area contributed by atoms with E-state index in [1.165, 1.54) is 18.5 Å². The fourth-order valence-corrected chi connectivity index (χ4v) is 3.46. The van der Waals surface area contributed by atoms with Crippen molar-refractivity contribution >= 4 is 11.5 Å². The lowest BCUT2D eigenvalue weighted by Gasteiger charge is -2.17. The Balaban J connectivity index is 1.66. The molecule has 4 rings (SSSR count). The summed E-state index contributed by atoms with van der Waals surface area (Å²) in [5.41, 5.74) is 8.15. The van der Waals surface area contributed by atoms with Crippen molar-refractivity contribution in [3.8, 4) is 0 Å². The zero-order chi connectivity index (χ0) is 14.4. The molecule has 0 aromatic carbocycles. The average Bonchev–Trinajstić information content (AvgIpc) is 3.07. The van der Waals surface area contributed by atoms with E-state index in [9.17, 15) is 0 Å². The number of nitrogens with two attached hydrogens (primary N) is 1. The Morgan fingerprint density at radius 2 is 2.19 bits per heavy atom. The Kier molecular flexibility index (Phi) is 3.10. The van der Waals surface area contributed by atoms with Crippen LogP contribution < -0.4 is 11.1 Å².